The van der Waals surface area contributed by atoms with Crippen LogP contribution in [0.2, 0.25) is 0 Å². The molecule has 112 valence electrons. The van der Waals surface area contributed by atoms with E-state index >= 15 is 0 Å². The molecule has 1 saturated carbocycles. The SMILES string of the molecule is CC1CCCC(S(=O)(=O)Cc2ccc(F)c(CN)c2)C1. The highest BCUT2D eigenvalue weighted by Crippen LogP contribution is 2.30. The Kier molecular flexibility index (Phi) is 4.81. The van der Waals surface area contributed by atoms with E-state index in [0.29, 0.717) is 17.0 Å². The summed E-state index contributed by atoms with van der Waals surface area (Å²) >= 11 is 0. The van der Waals surface area contributed by atoms with Crippen LogP contribution in [0.3, 0.4) is 0 Å². The van der Waals surface area contributed by atoms with Crippen LogP contribution < -0.4 is 5.73 Å². The van der Waals surface area contributed by atoms with Crippen molar-refractivity contribution < 1.29 is 12.8 Å². The minimum Gasteiger partial charge on any atom is -0.326 e. The second-order valence-electron chi connectivity index (χ2n) is 5.83. The molecule has 0 spiro atoms. The number of hydrogen-bond acceptors (Lipinski definition) is 3. The maximum absolute atomic E-state index is 13.4. The van der Waals surface area contributed by atoms with Crippen molar-refractivity contribution in [2.24, 2.45) is 11.7 Å². The van der Waals surface area contributed by atoms with Crippen molar-refractivity contribution in [1.29, 1.82) is 0 Å². The Balaban J connectivity index is 2.15. The molecule has 0 saturated heterocycles. The maximum Gasteiger partial charge on any atom is 0.157 e. The molecule has 2 N–H and O–H groups in total. The quantitative estimate of drug-likeness (QED) is 0.930. The second kappa shape index (κ2) is 6.22. The molecule has 0 bridgehead atoms. The van der Waals surface area contributed by atoms with Crippen LogP contribution in [-0.2, 0) is 22.1 Å². The molecular weight excluding hydrogens is 277 g/mol. The molecule has 0 aliphatic heterocycles. The standard InChI is InChI=1S/C15H22FNO2S/c1-11-3-2-4-14(7-11)20(18,19)10-12-5-6-15(16)13(8-12)9-17/h5-6,8,11,14H,2-4,7,9-10,17H2,1H3. The van der Waals surface area contributed by atoms with Crippen LogP contribution in [0.15, 0.2) is 18.2 Å². The van der Waals surface area contributed by atoms with Gasteiger partial charge in [-0.2, -0.15) is 0 Å². The van der Waals surface area contributed by atoms with Crippen molar-refractivity contribution >= 4 is 9.84 Å². The Morgan fingerprint density at radius 3 is 2.75 bits per heavy atom. The zero-order valence-corrected chi connectivity index (χ0v) is 12.6. The fraction of sp³-hybridized carbons (Fsp3) is 0.600. The van der Waals surface area contributed by atoms with E-state index in [4.69, 9.17) is 5.73 Å². The Morgan fingerprint density at radius 1 is 1.35 bits per heavy atom. The molecule has 0 aromatic heterocycles. The first-order valence-electron chi connectivity index (χ1n) is 7.11. The van der Waals surface area contributed by atoms with Gasteiger partial charge in [-0.15, -0.1) is 0 Å². The predicted octanol–water partition coefficient (Wildman–Crippen LogP) is 2.78. The third-order valence-corrected chi connectivity index (χ3v) is 6.27. The number of hydrogen-bond donors (Lipinski definition) is 1. The lowest BCUT2D eigenvalue weighted by molar-refractivity contribution is 0.382. The molecular formula is C15H22FNO2S. The van der Waals surface area contributed by atoms with Crippen molar-refractivity contribution in [2.45, 2.75) is 50.2 Å². The summed E-state index contributed by atoms with van der Waals surface area (Å²) in [4.78, 5) is 0. The van der Waals surface area contributed by atoms with Crippen molar-refractivity contribution in [3.05, 3.63) is 35.1 Å². The summed E-state index contributed by atoms with van der Waals surface area (Å²) in [6, 6.07) is 4.41. The van der Waals surface area contributed by atoms with Crippen LogP contribution in [0.4, 0.5) is 4.39 Å². The first-order chi connectivity index (χ1) is 9.42. The summed E-state index contributed by atoms with van der Waals surface area (Å²) in [6.45, 7) is 2.19. The first kappa shape index (κ1) is 15.4. The fourth-order valence-corrected chi connectivity index (χ4v) is 4.96. The van der Waals surface area contributed by atoms with Gasteiger partial charge in [-0.1, -0.05) is 31.9 Å². The fourth-order valence-electron chi connectivity index (χ4n) is 2.93. The monoisotopic (exact) mass is 299 g/mol. The Labute approximate surface area is 120 Å². The van der Waals surface area contributed by atoms with Crippen molar-refractivity contribution in [3.63, 3.8) is 0 Å². The van der Waals surface area contributed by atoms with Crippen LogP contribution in [-0.4, -0.2) is 13.7 Å². The average Bonchev–Trinajstić information content (AvgIpc) is 2.40. The molecule has 20 heavy (non-hydrogen) atoms. The molecule has 2 unspecified atom stereocenters. The van der Waals surface area contributed by atoms with Gasteiger partial charge in [0, 0.05) is 12.1 Å². The molecule has 2 rings (SSSR count). The zero-order chi connectivity index (χ0) is 14.8. The van der Waals surface area contributed by atoms with Gasteiger partial charge in [0.05, 0.1) is 11.0 Å². The van der Waals surface area contributed by atoms with Gasteiger partial charge < -0.3 is 5.73 Å². The Bertz CT molecular complexity index is 571. The normalized spacial score (nSPS) is 23.8. The summed E-state index contributed by atoms with van der Waals surface area (Å²) in [7, 11) is -3.17. The van der Waals surface area contributed by atoms with E-state index in [1.54, 1.807) is 6.07 Å². The molecule has 2 atom stereocenters. The Hall–Kier alpha value is -0.940. The lowest BCUT2D eigenvalue weighted by atomic mass is 9.91. The summed E-state index contributed by atoms with van der Waals surface area (Å²) in [5.41, 5.74) is 6.45. The number of sulfone groups is 1. The molecule has 0 heterocycles. The predicted molar refractivity (Wildman–Crippen MR) is 78.3 cm³/mol. The first-order valence-corrected chi connectivity index (χ1v) is 8.83. The van der Waals surface area contributed by atoms with Gasteiger partial charge >= 0.3 is 0 Å². The smallest absolute Gasteiger partial charge is 0.157 e. The number of benzene rings is 1. The minimum atomic E-state index is -3.17. The van der Waals surface area contributed by atoms with Gasteiger partial charge in [0.25, 0.3) is 0 Å². The van der Waals surface area contributed by atoms with Crippen LogP contribution in [0, 0.1) is 11.7 Å². The van der Waals surface area contributed by atoms with E-state index in [1.165, 1.54) is 12.1 Å². The molecule has 1 aromatic carbocycles. The van der Waals surface area contributed by atoms with Gasteiger partial charge in [-0.25, -0.2) is 12.8 Å². The molecule has 1 fully saturated rings. The molecule has 1 aromatic rings. The average molecular weight is 299 g/mol. The van der Waals surface area contributed by atoms with Crippen LogP contribution >= 0.6 is 0 Å². The van der Waals surface area contributed by atoms with E-state index < -0.39 is 9.84 Å². The second-order valence-corrected chi connectivity index (χ2v) is 8.11. The summed E-state index contributed by atoms with van der Waals surface area (Å²) in [5, 5.41) is -0.252. The summed E-state index contributed by atoms with van der Waals surface area (Å²) in [6.07, 6.45) is 3.58. The highest BCUT2D eigenvalue weighted by atomic mass is 32.2. The number of halogens is 1. The van der Waals surface area contributed by atoms with E-state index in [-0.39, 0.29) is 23.4 Å². The number of nitrogens with two attached hydrogens (primary N) is 1. The van der Waals surface area contributed by atoms with E-state index in [9.17, 15) is 12.8 Å². The minimum absolute atomic E-state index is 0.0162. The van der Waals surface area contributed by atoms with Crippen molar-refractivity contribution in [3.8, 4) is 0 Å². The molecule has 3 nitrogen and oxygen atoms in total. The maximum atomic E-state index is 13.4. The van der Waals surface area contributed by atoms with E-state index in [0.717, 1.165) is 25.7 Å². The zero-order valence-electron chi connectivity index (χ0n) is 11.8. The van der Waals surface area contributed by atoms with Gasteiger partial charge in [-0.3, -0.25) is 0 Å². The van der Waals surface area contributed by atoms with Gasteiger partial charge in [0.2, 0.25) is 0 Å². The van der Waals surface area contributed by atoms with Crippen LogP contribution in [0.25, 0.3) is 0 Å². The highest BCUT2D eigenvalue weighted by molar-refractivity contribution is 7.91. The van der Waals surface area contributed by atoms with E-state index in [1.807, 2.05) is 0 Å². The number of rotatable bonds is 4. The third kappa shape index (κ3) is 3.58. The largest absolute Gasteiger partial charge is 0.326 e. The van der Waals surface area contributed by atoms with Crippen LogP contribution in [0.5, 0.6) is 0 Å². The van der Waals surface area contributed by atoms with Crippen LogP contribution in [0.1, 0.15) is 43.7 Å². The van der Waals surface area contributed by atoms with Crippen molar-refractivity contribution in [1.82, 2.24) is 0 Å². The highest BCUT2D eigenvalue weighted by Gasteiger charge is 2.30. The van der Waals surface area contributed by atoms with Gasteiger partial charge in [0.1, 0.15) is 5.82 Å². The molecule has 0 amide bonds. The Morgan fingerprint density at radius 2 is 2.10 bits per heavy atom. The molecule has 1 aliphatic rings. The topological polar surface area (TPSA) is 60.2 Å². The van der Waals surface area contributed by atoms with Gasteiger partial charge in [0.15, 0.2) is 9.84 Å². The third-order valence-electron chi connectivity index (χ3n) is 4.09. The lowest BCUT2D eigenvalue weighted by Crippen LogP contribution is -2.28. The van der Waals surface area contributed by atoms with Gasteiger partial charge in [-0.05, 0) is 30.4 Å². The molecule has 5 heteroatoms. The molecule has 1 aliphatic carbocycles. The van der Waals surface area contributed by atoms with Crippen molar-refractivity contribution in [2.75, 3.05) is 0 Å². The summed E-state index contributed by atoms with van der Waals surface area (Å²) < 4.78 is 38.3. The lowest BCUT2D eigenvalue weighted by Gasteiger charge is -2.26. The van der Waals surface area contributed by atoms with E-state index in [2.05, 4.69) is 6.92 Å². The summed E-state index contributed by atoms with van der Waals surface area (Å²) in [5.74, 6) is 0.0776. The molecule has 0 radical (unpaired) electrons.